The van der Waals surface area contributed by atoms with E-state index in [2.05, 4.69) is 17.2 Å². The summed E-state index contributed by atoms with van der Waals surface area (Å²) < 4.78 is 16.8. The van der Waals surface area contributed by atoms with Gasteiger partial charge in [-0.05, 0) is 36.9 Å². The van der Waals surface area contributed by atoms with Gasteiger partial charge in [0.1, 0.15) is 19.0 Å². The number of benzene rings is 1. The van der Waals surface area contributed by atoms with Crippen LogP contribution in [0.2, 0.25) is 0 Å². The summed E-state index contributed by atoms with van der Waals surface area (Å²) in [6, 6.07) is 6.02. The molecule has 1 saturated heterocycles. The lowest BCUT2D eigenvalue weighted by molar-refractivity contribution is 0.172. The topological polar surface area (TPSA) is 52.6 Å². The van der Waals surface area contributed by atoms with E-state index in [-0.39, 0.29) is 5.54 Å². The van der Waals surface area contributed by atoms with Gasteiger partial charge in [-0.1, -0.05) is 0 Å². The van der Waals surface area contributed by atoms with Crippen LogP contribution in [0.4, 0.5) is 5.82 Å². The molecule has 110 valence electrons. The normalized spacial score (nSPS) is 24.2. The van der Waals surface area contributed by atoms with Crippen LogP contribution in [0.3, 0.4) is 0 Å². The Hall–Kier alpha value is -2.01. The highest BCUT2D eigenvalue weighted by atomic mass is 16.6. The first kappa shape index (κ1) is 12.7. The Bertz CT molecular complexity index is 681. The van der Waals surface area contributed by atoms with Crippen molar-refractivity contribution in [2.24, 2.45) is 0 Å². The van der Waals surface area contributed by atoms with Crippen molar-refractivity contribution < 1.29 is 14.2 Å². The molecule has 1 atom stereocenters. The minimum absolute atomic E-state index is 0.0610. The van der Waals surface area contributed by atoms with Gasteiger partial charge in [0.2, 0.25) is 0 Å². The van der Waals surface area contributed by atoms with E-state index in [1.807, 2.05) is 24.4 Å². The van der Waals surface area contributed by atoms with Gasteiger partial charge in [0.05, 0.1) is 12.1 Å². The van der Waals surface area contributed by atoms with Gasteiger partial charge < -0.3 is 19.5 Å². The summed E-state index contributed by atoms with van der Waals surface area (Å²) in [5, 5.41) is 5.68. The van der Waals surface area contributed by atoms with Crippen molar-refractivity contribution >= 4 is 16.6 Å². The number of nitrogens with zero attached hydrogens (tertiary/aromatic N) is 1. The number of rotatable bonds is 2. The summed E-state index contributed by atoms with van der Waals surface area (Å²) in [7, 11) is 0. The van der Waals surface area contributed by atoms with Gasteiger partial charge in [0, 0.05) is 18.2 Å². The van der Waals surface area contributed by atoms with Gasteiger partial charge in [-0.15, -0.1) is 0 Å². The van der Waals surface area contributed by atoms with Gasteiger partial charge in [0.25, 0.3) is 0 Å². The third-order valence-electron chi connectivity index (χ3n) is 4.07. The second-order valence-corrected chi connectivity index (χ2v) is 5.86. The second-order valence-electron chi connectivity index (χ2n) is 5.86. The monoisotopic (exact) mass is 286 g/mol. The number of anilines is 1. The minimum Gasteiger partial charge on any atom is -0.486 e. The van der Waals surface area contributed by atoms with Crippen LogP contribution in [0, 0.1) is 0 Å². The number of hydrogen-bond acceptors (Lipinski definition) is 5. The fourth-order valence-corrected chi connectivity index (χ4v) is 2.86. The SMILES string of the molecule is CC1(Nc2nccc3cc4c(cc23)OCCO4)CCOC1. The van der Waals surface area contributed by atoms with Gasteiger partial charge in [-0.2, -0.15) is 0 Å². The van der Waals surface area contributed by atoms with Crippen LogP contribution in [0.15, 0.2) is 24.4 Å². The molecule has 21 heavy (non-hydrogen) atoms. The number of nitrogens with one attached hydrogen (secondary N) is 1. The van der Waals surface area contributed by atoms with Gasteiger partial charge >= 0.3 is 0 Å². The molecule has 4 rings (SSSR count). The first-order valence-corrected chi connectivity index (χ1v) is 7.28. The van der Waals surface area contributed by atoms with Crippen molar-refractivity contribution in [3.05, 3.63) is 24.4 Å². The number of hydrogen-bond donors (Lipinski definition) is 1. The van der Waals surface area contributed by atoms with Crippen molar-refractivity contribution in [2.45, 2.75) is 18.9 Å². The summed E-state index contributed by atoms with van der Waals surface area (Å²) in [5.41, 5.74) is -0.0610. The standard InChI is InChI=1S/C16H18N2O3/c1-16(3-5-19-10-16)18-15-12-9-14-13(20-6-7-21-14)8-11(12)2-4-17-15/h2,4,8-9H,3,5-7,10H2,1H3,(H,17,18). The molecule has 1 aromatic heterocycles. The molecule has 0 radical (unpaired) electrons. The molecular formula is C16H18N2O3. The Labute approximate surface area is 123 Å². The summed E-state index contributed by atoms with van der Waals surface area (Å²) >= 11 is 0. The van der Waals surface area contributed by atoms with Crippen LogP contribution in [0.25, 0.3) is 10.8 Å². The number of aromatic nitrogens is 1. The molecule has 1 fully saturated rings. The molecule has 0 saturated carbocycles. The highest BCUT2D eigenvalue weighted by Gasteiger charge is 2.30. The fourth-order valence-electron chi connectivity index (χ4n) is 2.86. The Morgan fingerprint density at radius 1 is 1.14 bits per heavy atom. The Kier molecular flexibility index (Phi) is 2.89. The molecule has 3 heterocycles. The lowest BCUT2D eigenvalue weighted by Gasteiger charge is -2.25. The lowest BCUT2D eigenvalue weighted by atomic mass is 10.0. The van der Waals surface area contributed by atoms with E-state index in [9.17, 15) is 0 Å². The molecule has 0 bridgehead atoms. The van der Waals surface area contributed by atoms with E-state index in [0.29, 0.717) is 19.8 Å². The second kappa shape index (κ2) is 4.77. The predicted molar refractivity (Wildman–Crippen MR) is 80.2 cm³/mol. The Morgan fingerprint density at radius 2 is 1.95 bits per heavy atom. The largest absolute Gasteiger partial charge is 0.486 e. The third kappa shape index (κ3) is 2.27. The van der Waals surface area contributed by atoms with Crippen molar-refractivity contribution in [3.63, 3.8) is 0 Å². The molecule has 0 aliphatic carbocycles. The summed E-state index contributed by atoms with van der Waals surface area (Å²) in [4.78, 5) is 4.50. The zero-order chi connectivity index (χ0) is 14.3. The lowest BCUT2D eigenvalue weighted by Crippen LogP contribution is -2.35. The maximum Gasteiger partial charge on any atom is 0.162 e. The Morgan fingerprint density at radius 3 is 2.71 bits per heavy atom. The van der Waals surface area contributed by atoms with Crippen LogP contribution < -0.4 is 14.8 Å². The maximum absolute atomic E-state index is 5.68. The van der Waals surface area contributed by atoms with E-state index >= 15 is 0 Å². The molecule has 0 amide bonds. The van der Waals surface area contributed by atoms with Crippen molar-refractivity contribution in [2.75, 3.05) is 31.7 Å². The van der Waals surface area contributed by atoms with Crippen molar-refractivity contribution in [1.29, 1.82) is 0 Å². The third-order valence-corrected chi connectivity index (χ3v) is 4.07. The predicted octanol–water partition coefficient (Wildman–Crippen LogP) is 2.60. The molecule has 2 aromatic rings. The Balaban J connectivity index is 1.78. The average molecular weight is 286 g/mol. The number of ether oxygens (including phenoxy) is 3. The van der Waals surface area contributed by atoms with Gasteiger partial charge in [0.15, 0.2) is 11.5 Å². The van der Waals surface area contributed by atoms with E-state index < -0.39 is 0 Å². The maximum atomic E-state index is 5.68. The zero-order valence-electron chi connectivity index (χ0n) is 12.0. The molecule has 1 aromatic carbocycles. The van der Waals surface area contributed by atoms with Crippen LogP contribution in [0.5, 0.6) is 11.5 Å². The highest BCUT2D eigenvalue weighted by molar-refractivity contribution is 5.94. The molecule has 1 unspecified atom stereocenters. The molecule has 5 nitrogen and oxygen atoms in total. The number of fused-ring (bicyclic) bond motifs is 2. The highest BCUT2D eigenvalue weighted by Crippen LogP contribution is 2.37. The molecule has 2 aliphatic heterocycles. The summed E-state index contributed by atoms with van der Waals surface area (Å²) in [6.45, 7) is 4.85. The quantitative estimate of drug-likeness (QED) is 0.919. The van der Waals surface area contributed by atoms with E-state index in [0.717, 1.165) is 41.1 Å². The molecular weight excluding hydrogens is 268 g/mol. The average Bonchev–Trinajstić information content (AvgIpc) is 2.92. The summed E-state index contributed by atoms with van der Waals surface area (Å²) in [5.74, 6) is 2.47. The van der Waals surface area contributed by atoms with Crippen LogP contribution in [0.1, 0.15) is 13.3 Å². The van der Waals surface area contributed by atoms with Crippen molar-refractivity contribution in [1.82, 2.24) is 4.98 Å². The van der Waals surface area contributed by atoms with Crippen LogP contribution in [-0.4, -0.2) is 37.0 Å². The van der Waals surface area contributed by atoms with Crippen LogP contribution >= 0.6 is 0 Å². The van der Waals surface area contributed by atoms with Crippen molar-refractivity contribution in [3.8, 4) is 11.5 Å². The first-order chi connectivity index (χ1) is 10.2. The summed E-state index contributed by atoms with van der Waals surface area (Å²) in [6.07, 6.45) is 2.80. The van der Waals surface area contributed by atoms with Gasteiger partial charge in [-0.3, -0.25) is 0 Å². The van der Waals surface area contributed by atoms with E-state index in [1.54, 1.807) is 0 Å². The van der Waals surface area contributed by atoms with Gasteiger partial charge in [-0.25, -0.2) is 4.98 Å². The number of pyridine rings is 1. The molecule has 5 heteroatoms. The van der Waals surface area contributed by atoms with E-state index in [1.165, 1.54) is 0 Å². The zero-order valence-corrected chi connectivity index (χ0v) is 12.0. The fraction of sp³-hybridized carbons (Fsp3) is 0.438. The van der Waals surface area contributed by atoms with Crippen LogP contribution in [-0.2, 0) is 4.74 Å². The molecule has 0 spiro atoms. The first-order valence-electron chi connectivity index (χ1n) is 7.28. The smallest absolute Gasteiger partial charge is 0.162 e. The molecule has 2 aliphatic rings. The minimum atomic E-state index is -0.0610. The van der Waals surface area contributed by atoms with E-state index in [4.69, 9.17) is 14.2 Å². The molecule has 1 N–H and O–H groups in total.